The summed E-state index contributed by atoms with van der Waals surface area (Å²) < 4.78 is 0. The maximum Gasteiger partial charge on any atom is 0.326 e. The minimum atomic E-state index is -1.20. The second-order valence-corrected chi connectivity index (χ2v) is 10.8. The number of H-pyrrole nitrogens is 2. The molecule has 2 atom stereocenters. The van der Waals surface area contributed by atoms with E-state index < -0.39 is 47.7 Å². The van der Waals surface area contributed by atoms with Crippen LogP contribution in [0.3, 0.4) is 0 Å². The van der Waals surface area contributed by atoms with Crippen molar-refractivity contribution in [2.24, 2.45) is 11.8 Å². The van der Waals surface area contributed by atoms with Gasteiger partial charge in [0.05, 0.1) is 12.7 Å². The van der Waals surface area contributed by atoms with Crippen molar-refractivity contribution >= 4 is 35.6 Å². The zero-order chi connectivity index (χ0) is 31.1. The summed E-state index contributed by atoms with van der Waals surface area (Å²) in [6.07, 6.45) is 2.73. The number of carbonyl (C=O) groups excluding carboxylic acids is 4. The second kappa shape index (κ2) is 13.7. The molecule has 0 saturated carbocycles. The van der Waals surface area contributed by atoms with Crippen LogP contribution in [-0.4, -0.2) is 114 Å². The van der Waals surface area contributed by atoms with Crippen molar-refractivity contribution in [1.29, 1.82) is 0 Å². The van der Waals surface area contributed by atoms with Crippen molar-refractivity contribution < 1.29 is 39.0 Å². The average Bonchev–Trinajstić information content (AvgIpc) is 3.61. The topological polar surface area (TPSA) is 231 Å². The monoisotopic (exact) mass is 588 g/mol. The van der Waals surface area contributed by atoms with E-state index >= 15 is 0 Å². The molecule has 42 heavy (non-hydrogen) atoms. The number of aromatic nitrogens is 4. The average molecular weight is 589 g/mol. The van der Waals surface area contributed by atoms with Crippen LogP contribution in [0.25, 0.3) is 0 Å². The maximum atomic E-state index is 13.2. The molecule has 0 radical (unpaired) electrons. The van der Waals surface area contributed by atoms with Gasteiger partial charge < -0.3 is 40.6 Å². The van der Waals surface area contributed by atoms with Gasteiger partial charge in [0.1, 0.15) is 23.5 Å². The molecule has 0 aromatic carbocycles. The number of carboxylic acids is 2. The molecule has 0 aliphatic carbocycles. The number of imidazole rings is 2. The van der Waals surface area contributed by atoms with Crippen LogP contribution < -0.4 is 10.6 Å². The van der Waals surface area contributed by atoms with Gasteiger partial charge in [-0.3, -0.25) is 19.2 Å². The molecule has 6 N–H and O–H groups in total. The number of piperazine rings is 1. The van der Waals surface area contributed by atoms with Gasteiger partial charge in [0, 0.05) is 26.2 Å². The fourth-order valence-corrected chi connectivity index (χ4v) is 4.53. The van der Waals surface area contributed by atoms with Gasteiger partial charge in [-0.25, -0.2) is 19.6 Å². The van der Waals surface area contributed by atoms with Gasteiger partial charge in [-0.05, 0) is 24.7 Å². The number of aromatic amines is 2. The first-order valence-electron chi connectivity index (χ1n) is 13.5. The molecule has 0 unspecified atom stereocenters. The molecule has 228 valence electrons. The highest BCUT2D eigenvalue weighted by atomic mass is 16.4. The minimum Gasteiger partial charge on any atom is -0.480 e. The number of nitrogens with zero attached hydrogens (tertiary/aromatic N) is 4. The summed E-state index contributed by atoms with van der Waals surface area (Å²) in [5.41, 5.74) is -0.691. The molecule has 4 amide bonds. The maximum absolute atomic E-state index is 13.2. The first-order valence-corrected chi connectivity index (χ1v) is 13.5. The lowest BCUT2D eigenvalue weighted by molar-refractivity contribution is -0.140. The van der Waals surface area contributed by atoms with E-state index in [1.165, 1.54) is 22.5 Å². The molecule has 2 aromatic heterocycles. The van der Waals surface area contributed by atoms with E-state index in [9.17, 15) is 39.0 Å². The number of rotatable bonds is 12. The summed E-state index contributed by atoms with van der Waals surface area (Å²) in [7, 11) is 0. The smallest absolute Gasteiger partial charge is 0.326 e. The molecule has 1 aliphatic heterocycles. The lowest BCUT2D eigenvalue weighted by atomic mass is 10.0. The highest BCUT2D eigenvalue weighted by Crippen LogP contribution is 2.15. The van der Waals surface area contributed by atoms with Gasteiger partial charge in [-0.1, -0.05) is 27.7 Å². The third-order valence-corrected chi connectivity index (χ3v) is 6.61. The second-order valence-electron chi connectivity index (χ2n) is 10.8. The zero-order valence-corrected chi connectivity index (χ0v) is 23.8. The summed E-state index contributed by atoms with van der Waals surface area (Å²) >= 11 is 0. The molecule has 16 heteroatoms. The van der Waals surface area contributed by atoms with E-state index in [1.807, 2.05) is 27.7 Å². The molecular formula is C26H36N8O8. The SMILES string of the molecule is CC(C)C[C@H](NC(=O)c1nc[nH]c1C(=O)N1CCN(C(=O)c2[nH]cnc2C(=O)N[C@@H](CC(C)C)C(=O)O)CC1)C(=O)O. The molecule has 0 spiro atoms. The summed E-state index contributed by atoms with van der Waals surface area (Å²) in [5, 5.41) is 23.7. The van der Waals surface area contributed by atoms with Crippen LogP contribution in [0.1, 0.15) is 82.5 Å². The van der Waals surface area contributed by atoms with Gasteiger partial charge >= 0.3 is 11.9 Å². The van der Waals surface area contributed by atoms with Gasteiger partial charge in [0.25, 0.3) is 23.6 Å². The first-order chi connectivity index (χ1) is 19.8. The first kappa shape index (κ1) is 31.8. The Morgan fingerprint density at radius 1 is 0.714 bits per heavy atom. The summed E-state index contributed by atoms with van der Waals surface area (Å²) in [6.45, 7) is 7.67. The molecule has 3 heterocycles. The Labute approximate surface area is 241 Å². The Kier molecular flexibility index (Phi) is 10.4. The fraction of sp³-hybridized carbons (Fsp3) is 0.538. The summed E-state index contributed by atoms with van der Waals surface area (Å²) in [4.78, 5) is 91.0. The predicted molar refractivity (Wildman–Crippen MR) is 146 cm³/mol. The molecule has 1 fully saturated rings. The van der Waals surface area contributed by atoms with Gasteiger partial charge in [0.2, 0.25) is 0 Å². The fourth-order valence-electron chi connectivity index (χ4n) is 4.53. The van der Waals surface area contributed by atoms with Crippen molar-refractivity contribution in [1.82, 2.24) is 40.4 Å². The highest BCUT2D eigenvalue weighted by molar-refractivity contribution is 6.07. The number of carboxylic acid groups (broad SMARTS) is 2. The number of carbonyl (C=O) groups is 6. The van der Waals surface area contributed by atoms with E-state index in [4.69, 9.17) is 0 Å². The summed E-state index contributed by atoms with van der Waals surface area (Å²) in [5.74, 6) is -5.09. The van der Waals surface area contributed by atoms with E-state index in [1.54, 1.807) is 0 Å². The van der Waals surface area contributed by atoms with E-state index in [-0.39, 0.29) is 73.6 Å². The molecule has 16 nitrogen and oxygen atoms in total. The Morgan fingerprint density at radius 2 is 1.05 bits per heavy atom. The molecule has 2 aromatic rings. The van der Waals surface area contributed by atoms with Crippen LogP contribution in [-0.2, 0) is 9.59 Å². The normalized spacial score (nSPS) is 14.9. The van der Waals surface area contributed by atoms with Crippen LogP contribution in [0.4, 0.5) is 0 Å². The highest BCUT2D eigenvalue weighted by Gasteiger charge is 2.33. The Morgan fingerprint density at radius 3 is 1.33 bits per heavy atom. The van der Waals surface area contributed by atoms with Crippen LogP contribution >= 0.6 is 0 Å². The number of hydrogen-bond acceptors (Lipinski definition) is 8. The van der Waals surface area contributed by atoms with E-state index in [0.717, 1.165) is 0 Å². The quantitative estimate of drug-likeness (QED) is 0.197. The van der Waals surface area contributed by atoms with Crippen molar-refractivity contribution in [3.05, 3.63) is 35.4 Å². The van der Waals surface area contributed by atoms with Crippen molar-refractivity contribution in [3.63, 3.8) is 0 Å². The molecular weight excluding hydrogens is 552 g/mol. The van der Waals surface area contributed by atoms with Gasteiger partial charge in [-0.15, -0.1) is 0 Å². The van der Waals surface area contributed by atoms with Crippen LogP contribution in [0.5, 0.6) is 0 Å². The van der Waals surface area contributed by atoms with Gasteiger partial charge in [-0.2, -0.15) is 0 Å². The number of aliphatic carboxylic acids is 2. The minimum absolute atomic E-state index is 0.00412. The van der Waals surface area contributed by atoms with Crippen molar-refractivity contribution in [2.75, 3.05) is 26.2 Å². The molecule has 3 rings (SSSR count). The Balaban J connectivity index is 1.64. The number of nitrogens with one attached hydrogen (secondary N) is 4. The number of amides is 4. The van der Waals surface area contributed by atoms with Crippen LogP contribution in [0.15, 0.2) is 12.7 Å². The van der Waals surface area contributed by atoms with E-state index in [2.05, 4.69) is 30.6 Å². The standard InChI is InChI=1S/C26H36N8O8/c1-13(2)9-15(25(39)40)31-21(35)17-19(29-11-27-17)23(37)33-5-7-34(8-6-33)24(38)20-18(28-12-30-20)22(36)32-16(26(41)42)10-14(3)4/h11-16H,5-10H2,1-4H3,(H,27,29)(H,28,30)(H,31,35)(H,32,36)(H,39,40)(H,41,42)/t15-,16-/m0/s1. The third-order valence-electron chi connectivity index (χ3n) is 6.61. The molecule has 1 aliphatic rings. The lowest BCUT2D eigenvalue weighted by Crippen LogP contribution is -2.51. The Bertz CT molecular complexity index is 1220. The largest absolute Gasteiger partial charge is 0.480 e. The molecule has 0 bridgehead atoms. The van der Waals surface area contributed by atoms with E-state index in [0.29, 0.717) is 0 Å². The van der Waals surface area contributed by atoms with Crippen LogP contribution in [0.2, 0.25) is 0 Å². The van der Waals surface area contributed by atoms with Gasteiger partial charge in [0.15, 0.2) is 11.4 Å². The number of hydrogen-bond donors (Lipinski definition) is 6. The van der Waals surface area contributed by atoms with Crippen molar-refractivity contribution in [3.8, 4) is 0 Å². The zero-order valence-electron chi connectivity index (χ0n) is 23.8. The molecule has 1 saturated heterocycles. The van der Waals surface area contributed by atoms with Crippen LogP contribution in [0, 0.1) is 11.8 Å². The lowest BCUT2D eigenvalue weighted by Gasteiger charge is -2.34. The Hall–Kier alpha value is -4.76. The summed E-state index contributed by atoms with van der Waals surface area (Å²) in [6, 6.07) is -2.29. The third kappa shape index (κ3) is 7.70. The van der Waals surface area contributed by atoms with Crippen molar-refractivity contribution in [2.45, 2.75) is 52.6 Å². The predicted octanol–water partition coefficient (Wildman–Crippen LogP) is 0.189.